The summed E-state index contributed by atoms with van der Waals surface area (Å²) in [5, 5.41) is 0. The van der Waals surface area contributed by atoms with E-state index in [9.17, 15) is 0 Å². The molecule has 0 aliphatic heterocycles. The van der Waals surface area contributed by atoms with Crippen LogP contribution in [0.3, 0.4) is 0 Å². The van der Waals surface area contributed by atoms with Gasteiger partial charge in [0.15, 0.2) is 0 Å². The van der Waals surface area contributed by atoms with Crippen LogP contribution in [0.1, 0.15) is 0 Å². The molecule has 1 heterocycles. The van der Waals surface area contributed by atoms with E-state index >= 15 is 0 Å². The number of aromatic nitrogens is 2. The molecule has 0 saturated carbocycles. The van der Waals surface area contributed by atoms with Gasteiger partial charge in [0.1, 0.15) is 11.6 Å². The quantitative estimate of drug-likeness (QED) is 0.885. The fourth-order valence-electron chi connectivity index (χ4n) is 1.51. The summed E-state index contributed by atoms with van der Waals surface area (Å²) < 4.78 is 5.83. The van der Waals surface area contributed by atoms with Crippen molar-refractivity contribution in [1.29, 1.82) is 0 Å². The van der Waals surface area contributed by atoms with E-state index in [4.69, 9.17) is 16.2 Å². The zero-order valence-corrected chi connectivity index (χ0v) is 10.7. The van der Waals surface area contributed by atoms with Crippen LogP contribution in [-0.2, 0) is 0 Å². The molecule has 0 amide bonds. The van der Waals surface area contributed by atoms with Gasteiger partial charge in [-0.05, 0) is 17.7 Å². The molecule has 2 aromatic rings. The maximum absolute atomic E-state index is 5.85. The molecule has 0 spiro atoms. The lowest BCUT2D eigenvalue weighted by atomic mass is 10.1. The molecule has 1 aromatic heterocycles. The van der Waals surface area contributed by atoms with Gasteiger partial charge >= 0.3 is 6.01 Å². The third-order valence-electron chi connectivity index (χ3n) is 2.24. The van der Waals surface area contributed by atoms with Gasteiger partial charge in [0.2, 0.25) is 0 Å². The lowest BCUT2D eigenvalue weighted by Crippen LogP contribution is -2.04. The molecule has 88 valence electrons. The van der Waals surface area contributed by atoms with Crippen LogP contribution in [0, 0.1) is 0 Å². The van der Waals surface area contributed by atoms with Gasteiger partial charge in [-0.25, -0.2) is 0 Å². The van der Waals surface area contributed by atoms with Gasteiger partial charge in [-0.15, -0.1) is 0 Å². The molecule has 1 aromatic carbocycles. The number of methoxy groups -OCH3 is 1. The van der Waals surface area contributed by atoms with E-state index in [1.807, 2.05) is 24.3 Å². The minimum absolute atomic E-state index is 0.166. The SMILES string of the molecule is COc1nc(N)c(-c2cccc(Br)c2)c(N)n1. The number of halogens is 1. The number of nitrogens with zero attached hydrogens (tertiary/aromatic N) is 2. The molecule has 0 aliphatic carbocycles. The lowest BCUT2D eigenvalue weighted by molar-refractivity contribution is 0.381. The predicted molar refractivity (Wildman–Crippen MR) is 70.5 cm³/mol. The summed E-state index contributed by atoms with van der Waals surface area (Å²) in [7, 11) is 1.47. The van der Waals surface area contributed by atoms with Crippen molar-refractivity contribution in [3.63, 3.8) is 0 Å². The van der Waals surface area contributed by atoms with Crippen molar-refractivity contribution in [2.24, 2.45) is 0 Å². The first kappa shape index (κ1) is 11.7. The van der Waals surface area contributed by atoms with Gasteiger partial charge in [-0.3, -0.25) is 0 Å². The summed E-state index contributed by atoms with van der Waals surface area (Å²) >= 11 is 3.39. The molecule has 4 N–H and O–H groups in total. The Morgan fingerprint density at radius 2 is 1.82 bits per heavy atom. The van der Waals surface area contributed by atoms with Gasteiger partial charge in [-0.2, -0.15) is 9.97 Å². The van der Waals surface area contributed by atoms with E-state index in [1.165, 1.54) is 7.11 Å². The fourth-order valence-corrected chi connectivity index (χ4v) is 1.90. The molecule has 0 fully saturated rings. The highest BCUT2D eigenvalue weighted by molar-refractivity contribution is 9.10. The molecular formula is C11H11BrN4O. The molecule has 2 rings (SSSR count). The van der Waals surface area contributed by atoms with Crippen molar-refractivity contribution < 1.29 is 4.74 Å². The predicted octanol–water partition coefficient (Wildman–Crippen LogP) is 2.08. The summed E-state index contributed by atoms with van der Waals surface area (Å²) in [6.45, 7) is 0. The molecule has 0 bridgehead atoms. The second-order valence-corrected chi connectivity index (χ2v) is 4.28. The number of benzene rings is 1. The third-order valence-corrected chi connectivity index (χ3v) is 2.73. The molecular weight excluding hydrogens is 284 g/mol. The van der Waals surface area contributed by atoms with Crippen molar-refractivity contribution in [2.75, 3.05) is 18.6 Å². The van der Waals surface area contributed by atoms with E-state index in [2.05, 4.69) is 25.9 Å². The Hall–Kier alpha value is -1.82. The zero-order valence-electron chi connectivity index (χ0n) is 9.14. The number of ether oxygens (including phenoxy) is 1. The highest BCUT2D eigenvalue weighted by atomic mass is 79.9. The maximum Gasteiger partial charge on any atom is 0.320 e. The van der Waals surface area contributed by atoms with E-state index in [-0.39, 0.29) is 6.01 Å². The van der Waals surface area contributed by atoms with E-state index in [0.29, 0.717) is 17.2 Å². The molecule has 0 saturated heterocycles. The van der Waals surface area contributed by atoms with Crippen LogP contribution in [0.15, 0.2) is 28.7 Å². The highest BCUT2D eigenvalue weighted by Gasteiger charge is 2.12. The maximum atomic E-state index is 5.85. The van der Waals surface area contributed by atoms with Crippen LogP contribution < -0.4 is 16.2 Å². The smallest absolute Gasteiger partial charge is 0.320 e. The number of anilines is 2. The van der Waals surface area contributed by atoms with Crippen molar-refractivity contribution >= 4 is 27.6 Å². The van der Waals surface area contributed by atoms with Crippen molar-refractivity contribution in [1.82, 2.24) is 9.97 Å². The van der Waals surface area contributed by atoms with Gasteiger partial charge in [-0.1, -0.05) is 28.1 Å². The average Bonchev–Trinajstić information content (AvgIpc) is 2.28. The van der Waals surface area contributed by atoms with Gasteiger partial charge in [0.25, 0.3) is 0 Å². The number of hydrogen-bond acceptors (Lipinski definition) is 5. The minimum atomic E-state index is 0.166. The fraction of sp³-hybridized carbons (Fsp3) is 0.0909. The second-order valence-electron chi connectivity index (χ2n) is 3.37. The van der Waals surface area contributed by atoms with E-state index in [0.717, 1.165) is 10.0 Å². The second kappa shape index (κ2) is 4.58. The van der Waals surface area contributed by atoms with E-state index in [1.54, 1.807) is 0 Å². The van der Waals surface area contributed by atoms with Crippen LogP contribution in [0.25, 0.3) is 11.1 Å². The molecule has 6 heteroatoms. The Bertz CT molecular complexity index is 536. The summed E-state index contributed by atoms with van der Waals surface area (Å²) in [4.78, 5) is 8.02. The number of nitrogens with two attached hydrogens (primary N) is 2. The molecule has 5 nitrogen and oxygen atoms in total. The van der Waals surface area contributed by atoms with Crippen LogP contribution in [-0.4, -0.2) is 17.1 Å². The molecule has 17 heavy (non-hydrogen) atoms. The standard InChI is InChI=1S/C11H11BrN4O/c1-17-11-15-9(13)8(10(14)16-11)6-3-2-4-7(12)5-6/h2-5H,1H3,(H4,13,14,15,16). The monoisotopic (exact) mass is 294 g/mol. The summed E-state index contributed by atoms with van der Waals surface area (Å²) in [5.41, 5.74) is 13.2. The Balaban J connectivity index is 2.60. The Morgan fingerprint density at radius 1 is 1.18 bits per heavy atom. The van der Waals surface area contributed by atoms with Gasteiger partial charge < -0.3 is 16.2 Å². The lowest BCUT2D eigenvalue weighted by Gasteiger charge is -2.09. The first-order valence-corrected chi connectivity index (χ1v) is 5.64. The number of nitrogen functional groups attached to an aromatic ring is 2. The van der Waals surface area contributed by atoms with E-state index < -0.39 is 0 Å². The van der Waals surface area contributed by atoms with Crippen molar-refractivity contribution in [3.8, 4) is 17.1 Å². The zero-order chi connectivity index (χ0) is 12.4. The Morgan fingerprint density at radius 3 is 2.35 bits per heavy atom. The highest BCUT2D eigenvalue weighted by Crippen LogP contribution is 2.32. The van der Waals surface area contributed by atoms with Crippen LogP contribution >= 0.6 is 15.9 Å². The van der Waals surface area contributed by atoms with Crippen LogP contribution in [0.4, 0.5) is 11.6 Å². The molecule has 0 aliphatic rings. The summed E-state index contributed by atoms with van der Waals surface area (Å²) in [5.74, 6) is 0.597. The first-order valence-electron chi connectivity index (χ1n) is 4.84. The van der Waals surface area contributed by atoms with Gasteiger partial charge in [0.05, 0.1) is 12.7 Å². The van der Waals surface area contributed by atoms with Crippen LogP contribution in [0.5, 0.6) is 6.01 Å². The average molecular weight is 295 g/mol. The van der Waals surface area contributed by atoms with Crippen molar-refractivity contribution in [2.45, 2.75) is 0 Å². The molecule has 0 unspecified atom stereocenters. The molecule has 0 atom stereocenters. The normalized spacial score (nSPS) is 10.2. The first-order chi connectivity index (χ1) is 8.11. The Labute approximate surface area is 107 Å². The molecule has 0 radical (unpaired) electrons. The van der Waals surface area contributed by atoms with Gasteiger partial charge in [0, 0.05) is 4.47 Å². The minimum Gasteiger partial charge on any atom is -0.467 e. The Kier molecular flexibility index (Phi) is 3.14. The number of hydrogen-bond donors (Lipinski definition) is 2. The number of rotatable bonds is 2. The third kappa shape index (κ3) is 2.31. The van der Waals surface area contributed by atoms with Crippen LogP contribution in [0.2, 0.25) is 0 Å². The largest absolute Gasteiger partial charge is 0.467 e. The summed E-state index contributed by atoms with van der Waals surface area (Å²) in [6.07, 6.45) is 0. The van der Waals surface area contributed by atoms with Crippen molar-refractivity contribution in [3.05, 3.63) is 28.7 Å². The topological polar surface area (TPSA) is 87.0 Å². The summed E-state index contributed by atoms with van der Waals surface area (Å²) in [6, 6.07) is 7.77.